The Hall–Kier alpha value is -2.35. The molecule has 2 rings (SSSR count). The quantitative estimate of drug-likeness (QED) is 0.801. The highest BCUT2D eigenvalue weighted by Gasteiger charge is 2.14. The molecule has 0 aliphatic heterocycles. The summed E-state index contributed by atoms with van der Waals surface area (Å²) in [5, 5.41) is 12.8. The zero-order valence-corrected chi connectivity index (χ0v) is 10.6. The number of nitriles is 1. The van der Waals surface area contributed by atoms with Crippen LogP contribution >= 0.6 is 0 Å². The van der Waals surface area contributed by atoms with Gasteiger partial charge in [-0.3, -0.25) is 0 Å². The second kappa shape index (κ2) is 4.49. The first-order valence-electron chi connectivity index (χ1n) is 5.66. The second-order valence-corrected chi connectivity index (χ2v) is 4.22. The number of aromatic nitrogens is 3. The molecule has 1 heterocycles. The monoisotopic (exact) mass is 242 g/mol. The van der Waals surface area contributed by atoms with E-state index in [1.165, 1.54) is 4.68 Å². The van der Waals surface area contributed by atoms with Crippen LogP contribution in [0.2, 0.25) is 0 Å². The fourth-order valence-electron chi connectivity index (χ4n) is 2.10. The van der Waals surface area contributed by atoms with Gasteiger partial charge in [-0.25, -0.2) is 9.36 Å². The van der Waals surface area contributed by atoms with Crippen LogP contribution in [0, 0.1) is 32.1 Å². The van der Waals surface area contributed by atoms with Crippen molar-refractivity contribution in [2.24, 2.45) is 0 Å². The lowest BCUT2D eigenvalue weighted by molar-refractivity contribution is 0.671. The SMILES string of the molecule is Cc1cccc(C)c1-n1c(C)nn(CC#N)c1=O. The van der Waals surface area contributed by atoms with Crippen LogP contribution in [0.25, 0.3) is 5.69 Å². The van der Waals surface area contributed by atoms with Gasteiger partial charge in [-0.1, -0.05) is 18.2 Å². The molecule has 1 aromatic carbocycles. The minimum Gasteiger partial charge on any atom is -0.247 e. The molecule has 2 aromatic rings. The molecule has 0 fully saturated rings. The summed E-state index contributed by atoms with van der Waals surface area (Å²) in [6.45, 7) is 5.64. The van der Waals surface area contributed by atoms with E-state index in [1.54, 1.807) is 11.5 Å². The Morgan fingerprint density at radius 2 is 1.89 bits per heavy atom. The van der Waals surface area contributed by atoms with Gasteiger partial charge in [-0.15, -0.1) is 0 Å². The smallest absolute Gasteiger partial charge is 0.247 e. The van der Waals surface area contributed by atoms with Crippen LogP contribution in [0.3, 0.4) is 0 Å². The molecule has 0 amide bonds. The van der Waals surface area contributed by atoms with Crippen molar-refractivity contribution in [3.63, 3.8) is 0 Å². The Labute approximate surface area is 105 Å². The van der Waals surface area contributed by atoms with Crippen LogP contribution < -0.4 is 5.69 Å². The Balaban J connectivity index is 2.73. The number of benzene rings is 1. The van der Waals surface area contributed by atoms with E-state index < -0.39 is 0 Å². The molecule has 0 spiro atoms. The van der Waals surface area contributed by atoms with Gasteiger partial charge in [0.2, 0.25) is 0 Å². The van der Waals surface area contributed by atoms with E-state index in [9.17, 15) is 4.79 Å². The van der Waals surface area contributed by atoms with Gasteiger partial charge in [-0.05, 0) is 31.9 Å². The van der Waals surface area contributed by atoms with E-state index in [0.717, 1.165) is 16.8 Å². The lowest BCUT2D eigenvalue weighted by Gasteiger charge is -2.10. The second-order valence-electron chi connectivity index (χ2n) is 4.22. The summed E-state index contributed by atoms with van der Waals surface area (Å²) in [6.07, 6.45) is 0. The summed E-state index contributed by atoms with van der Waals surface area (Å²) in [5.41, 5.74) is 2.60. The molecule has 1 aromatic heterocycles. The van der Waals surface area contributed by atoms with Crippen molar-refractivity contribution in [2.75, 3.05) is 0 Å². The first kappa shape index (κ1) is 12.1. The number of hydrogen-bond acceptors (Lipinski definition) is 3. The third kappa shape index (κ3) is 1.82. The van der Waals surface area contributed by atoms with Crippen molar-refractivity contribution in [2.45, 2.75) is 27.3 Å². The van der Waals surface area contributed by atoms with Gasteiger partial charge in [0.1, 0.15) is 12.4 Å². The molecule has 5 nitrogen and oxygen atoms in total. The van der Waals surface area contributed by atoms with Crippen molar-refractivity contribution >= 4 is 0 Å². The Morgan fingerprint density at radius 1 is 1.28 bits per heavy atom. The predicted molar refractivity (Wildman–Crippen MR) is 67.6 cm³/mol. The summed E-state index contributed by atoms with van der Waals surface area (Å²) >= 11 is 0. The van der Waals surface area contributed by atoms with Crippen LogP contribution in [0.4, 0.5) is 0 Å². The molecular formula is C13H14N4O. The Bertz CT molecular complexity index is 668. The molecule has 0 atom stereocenters. The van der Waals surface area contributed by atoms with Crippen molar-refractivity contribution < 1.29 is 0 Å². The molecule has 0 aliphatic carbocycles. The maximum Gasteiger partial charge on any atom is 0.351 e. The van der Waals surface area contributed by atoms with E-state index in [4.69, 9.17) is 5.26 Å². The summed E-state index contributed by atoms with van der Waals surface area (Å²) in [4.78, 5) is 12.2. The number of hydrogen-bond donors (Lipinski definition) is 0. The molecule has 0 aliphatic rings. The molecule has 0 saturated heterocycles. The zero-order chi connectivity index (χ0) is 13.3. The molecule has 18 heavy (non-hydrogen) atoms. The number of rotatable bonds is 2. The molecule has 0 saturated carbocycles. The molecule has 0 bridgehead atoms. The number of aryl methyl sites for hydroxylation is 3. The maximum absolute atomic E-state index is 12.2. The Morgan fingerprint density at radius 3 is 2.44 bits per heavy atom. The van der Waals surface area contributed by atoms with E-state index in [1.807, 2.05) is 38.1 Å². The largest absolute Gasteiger partial charge is 0.351 e. The van der Waals surface area contributed by atoms with Crippen molar-refractivity contribution in [1.82, 2.24) is 14.3 Å². The topological polar surface area (TPSA) is 63.6 Å². The Kier molecular flexibility index (Phi) is 3.02. The van der Waals surface area contributed by atoms with Crippen molar-refractivity contribution in [3.05, 3.63) is 45.6 Å². The molecule has 0 unspecified atom stereocenters. The minimum atomic E-state index is -0.272. The van der Waals surface area contributed by atoms with E-state index >= 15 is 0 Å². The van der Waals surface area contributed by atoms with Crippen molar-refractivity contribution in [1.29, 1.82) is 5.26 Å². The molecular weight excluding hydrogens is 228 g/mol. The van der Waals surface area contributed by atoms with Crippen LogP contribution in [0.15, 0.2) is 23.0 Å². The molecule has 0 radical (unpaired) electrons. The summed E-state index contributed by atoms with van der Waals surface area (Å²) < 4.78 is 2.74. The van der Waals surface area contributed by atoms with Gasteiger partial charge >= 0.3 is 5.69 Å². The third-order valence-corrected chi connectivity index (χ3v) is 2.88. The van der Waals surface area contributed by atoms with Crippen LogP contribution in [0.1, 0.15) is 17.0 Å². The molecule has 92 valence electrons. The van der Waals surface area contributed by atoms with Crippen LogP contribution in [-0.2, 0) is 6.54 Å². The zero-order valence-electron chi connectivity index (χ0n) is 10.6. The molecule has 0 N–H and O–H groups in total. The standard InChI is InChI=1S/C13H14N4O/c1-9-5-4-6-10(2)12(9)17-11(3)15-16(8-7-14)13(17)18/h4-6H,8H2,1-3H3. The highest BCUT2D eigenvalue weighted by molar-refractivity contribution is 5.47. The first-order chi connectivity index (χ1) is 8.56. The summed E-state index contributed by atoms with van der Waals surface area (Å²) in [6, 6.07) is 7.79. The van der Waals surface area contributed by atoms with Gasteiger partial charge in [-0.2, -0.15) is 15.0 Å². The predicted octanol–water partition coefficient (Wildman–Crippen LogP) is 1.48. The first-order valence-corrected chi connectivity index (χ1v) is 5.66. The van der Waals surface area contributed by atoms with Gasteiger partial charge in [0.25, 0.3) is 0 Å². The highest BCUT2D eigenvalue weighted by atomic mass is 16.2. The molecule has 5 heteroatoms. The van der Waals surface area contributed by atoms with Gasteiger partial charge in [0.05, 0.1) is 11.8 Å². The fourth-order valence-corrected chi connectivity index (χ4v) is 2.10. The van der Waals surface area contributed by atoms with E-state index in [-0.39, 0.29) is 12.2 Å². The maximum atomic E-state index is 12.2. The van der Waals surface area contributed by atoms with Gasteiger partial charge < -0.3 is 0 Å². The van der Waals surface area contributed by atoms with E-state index in [0.29, 0.717) is 5.82 Å². The third-order valence-electron chi connectivity index (χ3n) is 2.88. The average molecular weight is 242 g/mol. The summed E-state index contributed by atoms with van der Waals surface area (Å²) in [5.74, 6) is 0.590. The number of para-hydroxylation sites is 1. The number of nitrogens with zero attached hydrogens (tertiary/aromatic N) is 4. The highest BCUT2D eigenvalue weighted by Crippen LogP contribution is 2.17. The van der Waals surface area contributed by atoms with Crippen molar-refractivity contribution in [3.8, 4) is 11.8 Å². The average Bonchev–Trinajstić information content (AvgIpc) is 2.57. The fraction of sp³-hybridized carbons (Fsp3) is 0.308. The lowest BCUT2D eigenvalue weighted by atomic mass is 10.1. The normalized spacial score (nSPS) is 10.3. The van der Waals surface area contributed by atoms with Crippen LogP contribution in [-0.4, -0.2) is 14.3 Å². The van der Waals surface area contributed by atoms with Gasteiger partial charge in [0, 0.05) is 0 Å². The lowest BCUT2D eigenvalue weighted by Crippen LogP contribution is -2.24. The van der Waals surface area contributed by atoms with Gasteiger partial charge in [0.15, 0.2) is 0 Å². The summed E-state index contributed by atoms with van der Waals surface area (Å²) in [7, 11) is 0. The van der Waals surface area contributed by atoms with Crippen LogP contribution in [0.5, 0.6) is 0 Å². The van der Waals surface area contributed by atoms with E-state index in [2.05, 4.69) is 5.10 Å². The minimum absolute atomic E-state index is 0.0302.